The lowest BCUT2D eigenvalue weighted by Gasteiger charge is -2.72. The van der Waals surface area contributed by atoms with Gasteiger partial charge in [-0.15, -0.1) is 0 Å². The molecule has 318 valence electrons. The van der Waals surface area contributed by atoms with Gasteiger partial charge in [0.1, 0.15) is 6.10 Å². The first-order chi connectivity index (χ1) is 26.4. The van der Waals surface area contributed by atoms with Gasteiger partial charge in [-0.1, -0.05) is 77.8 Å². The average Bonchev–Trinajstić information content (AvgIpc) is 3.42. The summed E-state index contributed by atoms with van der Waals surface area (Å²) in [6, 6.07) is 8.00. The number of aliphatic hydroxyl groups is 1. The largest absolute Gasteiger partial charge is 0.481 e. The average molecular weight is 810 g/mol. The van der Waals surface area contributed by atoms with Gasteiger partial charge in [-0.2, -0.15) is 0 Å². The van der Waals surface area contributed by atoms with Crippen LogP contribution in [0.4, 0.5) is 0 Å². The van der Waals surface area contributed by atoms with E-state index in [0.29, 0.717) is 36.4 Å². The Morgan fingerprint density at radius 1 is 0.947 bits per heavy atom. The molecule has 0 unspecified atom stereocenters. The van der Waals surface area contributed by atoms with E-state index in [0.717, 1.165) is 75.6 Å². The van der Waals surface area contributed by atoms with E-state index in [4.69, 9.17) is 16.3 Å². The number of nitrogens with zero attached hydrogens (tertiary/aromatic N) is 2. The van der Waals surface area contributed by atoms with Crippen LogP contribution in [0.5, 0.6) is 0 Å². The van der Waals surface area contributed by atoms with E-state index in [2.05, 4.69) is 78.4 Å². The van der Waals surface area contributed by atoms with Crippen LogP contribution in [0.3, 0.4) is 0 Å². The van der Waals surface area contributed by atoms with E-state index in [1.165, 1.54) is 5.57 Å². The summed E-state index contributed by atoms with van der Waals surface area (Å²) < 4.78 is 6.20. The minimum atomic E-state index is -1.17. The zero-order chi connectivity index (χ0) is 42.1. The normalized spacial score (nSPS) is 35.5. The molecule has 4 saturated carbocycles. The highest BCUT2D eigenvalue weighted by Gasteiger charge is 2.71. The maximum absolute atomic E-state index is 14.3. The minimum absolute atomic E-state index is 0.0333. The zero-order valence-corrected chi connectivity index (χ0v) is 37.7. The third kappa shape index (κ3) is 7.58. The van der Waals surface area contributed by atoms with Crippen molar-refractivity contribution < 1.29 is 29.3 Å². The van der Waals surface area contributed by atoms with Crippen molar-refractivity contribution in [1.29, 1.82) is 0 Å². The molecule has 5 aliphatic rings. The van der Waals surface area contributed by atoms with Crippen molar-refractivity contribution in [2.45, 2.75) is 145 Å². The Kier molecular flexibility index (Phi) is 12.2. The Morgan fingerprint density at radius 2 is 1.65 bits per heavy atom. The van der Waals surface area contributed by atoms with Crippen molar-refractivity contribution >= 4 is 29.3 Å². The molecule has 8 nitrogen and oxygen atoms in total. The molecule has 9 heteroatoms. The maximum Gasteiger partial charge on any atom is 0.309 e. The molecule has 0 spiro atoms. The summed E-state index contributed by atoms with van der Waals surface area (Å²) in [5.41, 5.74) is 1.48. The van der Waals surface area contributed by atoms with Crippen molar-refractivity contribution in [3.8, 4) is 0 Å². The molecule has 0 heterocycles. The molecule has 0 aliphatic heterocycles. The second-order valence-electron chi connectivity index (χ2n) is 21.7. The van der Waals surface area contributed by atoms with Crippen LogP contribution in [-0.2, 0) is 25.7 Å². The predicted octanol–water partition coefficient (Wildman–Crippen LogP) is 9.46. The van der Waals surface area contributed by atoms with E-state index in [1.54, 1.807) is 13.8 Å². The van der Waals surface area contributed by atoms with Crippen LogP contribution in [0, 0.1) is 56.2 Å². The van der Waals surface area contributed by atoms with Crippen LogP contribution >= 0.6 is 11.6 Å². The molecule has 1 aromatic rings. The molecule has 0 radical (unpaired) electrons. The van der Waals surface area contributed by atoms with E-state index < -0.39 is 28.9 Å². The second-order valence-corrected chi connectivity index (χ2v) is 22.2. The Labute approximate surface area is 348 Å². The van der Waals surface area contributed by atoms with Crippen molar-refractivity contribution in [2.75, 3.05) is 33.7 Å². The number of aliphatic hydroxyl groups excluding tert-OH is 1. The molecule has 0 amide bonds. The number of carboxylic acids is 1. The van der Waals surface area contributed by atoms with Gasteiger partial charge in [0.15, 0.2) is 5.78 Å². The number of carboxylic acid groups (broad SMARTS) is 1. The molecule has 9 atom stereocenters. The van der Waals surface area contributed by atoms with Crippen molar-refractivity contribution in [2.24, 2.45) is 56.2 Å². The number of hydrogen-bond acceptors (Lipinski definition) is 7. The Hall–Kier alpha value is -2.26. The van der Waals surface area contributed by atoms with E-state index >= 15 is 0 Å². The SMILES string of the molecule is CC(C)C1=C2[C@H]3CC[C@@H]4[C@@]5(C)CC[C@H](OC(=O)CC(C)(C)C(=O)O)C(C)(C)[C@@H]5CC[C@@]4(C)[C@]3(C)CC[C@]2([C@@H](O)CN(CCN(C)C)Cc2cccc(Cl)c2)CC1=O. The Balaban J connectivity index is 1.29. The summed E-state index contributed by atoms with van der Waals surface area (Å²) in [5, 5.41) is 23.1. The number of halogens is 1. The number of Topliss-reactive ketones (excluding diaryl/α,β-unsaturated/α-hetero) is 1. The monoisotopic (exact) mass is 809 g/mol. The highest BCUT2D eigenvalue weighted by Crippen LogP contribution is 2.77. The third-order valence-corrected chi connectivity index (χ3v) is 17.3. The minimum Gasteiger partial charge on any atom is -0.481 e. The number of benzene rings is 1. The number of ether oxygens (including phenoxy) is 1. The summed E-state index contributed by atoms with van der Waals surface area (Å²) in [6.07, 6.45) is 7.11. The van der Waals surface area contributed by atoms with Gasteiger partial charge in [0.2, 0.25) is 0 Å². The fourth-order valence-corrected chi connectivity index (χ4v) is 14.0. The molecule has 4 fully saturated rings. The van der Waals surface area contributed by atoms with Gasteiger partial charge >= 0.3 is 11.9 Å². The van der Waals surface area contributed by atoms with Crippen LogP contribution in [0.15, 0.2) is 35.4 Å². The lowest BCUT2D eigenvalue weighted by atomic mass is 9.33. The number of carbonyl (C=O) groups excluding carboxylic acids is 2. The van der Waals surface area contributed by atoms with Gasteiger partial charge in [-0.25, -0.2) is 0 Å². The summed E-state index contributed by atoms with van der Waals surface area (Å²) in [6.45, 7) is 22.6. The van der Waals surface area contributed by atoms with E-state index in [9.17, 15) is 24.6 Å². The second kappa shape index (κ2) is 15.6. The predicted molar refractivity (Wildman–Crippen MR) is 227 cm³/mol. The number of hydrogen-bond donors (Lipinski definition) is 2. The number of rotatable bonds is 13. The van der Waals surface area contributed by atoms with Crippen LogP contribution in [-0.4, -0.2) is 83.7 Å². The maximum atomic E-state index is 14.3. The summed E-state index contributed by atoms with van der Waals surface area (Å²) >= 11 is 6.41. The first-order valence-corrected chi connectivity index (χ1v) is 22.3. The van der Waals surface area contributed by atoms with Crippen molar-refractivity contribution in [3.05, 3.63) is 46.0 Å². The molecule has 57 heavy (non-hydrogen) atoms. The summed E-state index contributed by atoms with van der Waals surface area (Å²) in [7, 11) is 4.16. The van der Waals surface area contributed by atoms with E-state index in [1.807, 2.05) is 18.2 Å². The Bertz CT molecular complexity index is 1750. The fraction of sp³-hybridized carbons (Fsp3) is 0.771. The summed E-state index contributed by atoms with van der Waals surface area (Å²) in [5.74, 6) is -0.00895. The molecule has 6 rings (SSSR count). The number of aliphatic carboxylic acids is 1. The van der Waals surface area contributed by atoms with Gasteiger partial charge in [0, 0.05) is 48.5 Å². The number of carbonyl (C=O) groups is 3. The fourth-order valence-electron chi connectivity index (χ4n) is 13.8. The van der Waals surface area contributed by atoms with Crippen LogP contribution in [0.1, 0.15) is 132 Å². The van der Waals surface area contributed by atoms with Crippen LogP contribution in [0.25, 0.3) is 0 Å². The first kappa shape index (κ1) is 44.3. The third-order valence-electron chi connectivity index (χ3n) is 17.1. The molecular weight excluding hydrogens is 736 g/mol. The lowest BCUT2D eigenvalue weighted by Crippen LogP contribution is -2.66. The quantitative estimate of drug-likeness (QED) is 0.190. The zero-order valence-electron chi connectivity index (χ0n) is 37.0. The smallest absolute Gasteiger partial charge is 0.309 e. The number of fused-ring (bicyclic) bond motifs is 7. The van der Waals surface area contributed by atoms with E-state index in [-0.39, 0.29) is 51.8 Å². The molecule has 0 aromatic heterocycles. The van der Waals surface area contributed by atoms with Gasteiger partial charge in [-0.3, -0.25) is 19.3 Å². The number of likely N-dealkylation sites (N-methyl/N-ethyl adjacent to an activating group) is 1. The lowest BCUT2D eigenvalue weighted by molar-refractivity contribution is -0.235. The Morgan fingerprint density at radius 3 is 2.28 bits per heavy atom. The number of allylic oxidation sites excluding steroid dienone is 1. The highest BCUT2D eigenvalue weighted by molar-refractivity contribution is 6.30. The molecule has 0 bridgehead atoms. The van der Waals surface area contributed by atoms with Crippen molar-refractivity contribution in [1.82, 2.24) is 9.80 Å². The summed E-state index contributed by atoms with van der Waals surface area (Å²) in [4.78, 5) is 43.8. The molecular formula is C48H73ClN2O6. The standard InChI is InChI=1S/C48H73ClN2O6/c1-30(2)40-34(52)26-48(37(53)29-51(24-23-50(10)11)28-31-13-12-14-32(49)25-31)22-21-46(8)33(41(40)48)15-16-36-45(7)19-18-38(57-39(54)27-43(3,4)42(55)56)44(5,6)35(45)17-20-47(36,46)9/h12-14,25,30,33,35-38,53H,15-24,26-29H2,1-11H3,(H,55,56)/t33-,35+,36-,37+,38+,45+,46-,47-,48-/m1/s1. The molecule has 1 aromatic carbocycles. The number of esters is 1. The van der Waals surface area contributed by atoms with Gasteiger partial charge < -0.3 is 19.8 Å². The first-order valence-electron chi connectivity index (χ1n) is 21.9. The molecule has 2 N–H and O–H groups in total. The van der Waals surface area contributed by atoms with Gasteiger partial charge in [0.05, 0.1) is 17.9 Å². The van der Waals surface area contributed by atoms with Gasteiger partial charge in [0.25, 0.3) is 0 Å². The van der Waals surface area contributed by atoms with Gasteiger partial charge in [-0.05, 0) is 142 Å². The highest BCUT2D eigenvalue weighted by atomic mass is 35.5. The van der Waals surface area contributed by atoms with Crippen molar-refractivity contribution in [3.63, 3.8) is 0 Å². The van der Waals surface area contributed by atoms with Crippen LogP contribution < -0.4 is 0 Å². The topological polar surface area (TPSA) is 107 Å². The molecule has 5 aliphatic carbocycles. The van der Waals surface area contributed by atoms with Crippen LogP contribution in [0.2, 0.25) is 5.02 Å². The number of ketones is 1. The molecule has 0 saturated heterocycles.